The summed E-state index contributed by atoms with van der Waals surface area (Å²) < 4.78 is 23.0. The zero-order valence-electron chi connectivity index (χ0n) is 23.1. The molecular formula is C31H42N4O4S. The average molecular weight is 567 g/mol. The van der Waals surface area contributed by atoms with Crippen molar-refractivity contribution in [3.05, 3.63) is 95.6 Å². The molecule has 8 nitrogen and oxygen atoms in total. The van der Waals surface area contributed by atoms with Crippen LogP contribution in [0.25, 0.3) is 0 Å². The molecule has 1 aliphatic heterocycles. The van der Waals surface area contributed by atoms with Gasteiger partial charge in [-0.05, 0) is 68.5 Å². The fraction of sp³-hybridized carbons (Fsp3) is 0.387. The van der Waals surface area contributed by atoms with E-state index in [0.717, 1.165) is 30.5 Å². The van der Waals surface area contributed by atoms with Gasteiger partial charge in [0.1, 0.15) is 0 Å². The first-order valence-electron chi connectivity index (χ1n) is 14.1. The number of rotatable bonds is 13. The van der Waals surface area contributed by atoms with E-state index < -0.39 is 22.9 Å². The minimum Gasteiger partial charge on any atom is -0.390 e. The molecule has 1 heterocycles. The highest BCUT2D eigenvalue weighted by molar-refractivity contribution is 8.25. The summed E-state index contributed by atoms with van der Waals surface area (Å²) in [5.41, 5.74) is 3.97. The van der Waals surface area contributed by atoms with E-state index in [0.29, 0.717) is 49.6 Å². The highest BCUT2D eigenvalue weighted by Gasteiger charge is 2.28. The van der Waals surface area contributed by atoms with Crippen LogP contribution >= 0.6 is 10.8 Å². The topological polar surface area (TPSA) is 117 Å². The molecule has 2 atom stereocenters. The molecule has 0 bridgehead atoms. The Bertz CT molecular complexity index is 1210. The smallest absolute Gasteiger partial charge is 0.251 e. The number of amides is 1. The van der Waals surface area contributed by atoms with E-state index in [4.69, 9.17) is 0 Å². The zero-order chi connectivity index (χ0) is 28.4. The van der Waals surface area contributed by atoms with Crippen molar-refractivity contribution in [3.63, 3.8) is 0 Å². The van der Waals surface area contributed by atoms with Crippen LogP contribution in [0.3, 0.4) is 0 Å². The van der Waals surface area contributed by atoms with Gasteiger partial charge in [0.25, 0.3) is 5.91 Å². The number of hydrogen-bond acceptors (Lipinski definition) is 7. The van der Waals surface area contributed by atoms with Crippen LogP contribution in [0.15, 0.2) is 78.9 Å². The molecular weight excluding hydrogens is 524 g/mol. The van der Waals surface area contributed by atoms with E-state index in [1.165, 1.54) is 5.56 Å². The third-order valence-electron chi connectivity index (χ3n) is 7.10. The van der Waals surface area contributed by atoms with Crippen molar-refractivity contribution in [2.75, 3.05) is 41.6 Å². The van der Waals surface area contributed by atoms with Crippen LogP contribution in [0.1, 0.15) is 41.3 Å². The maximum absolute atomic E-state index is 13.6. The molecule has 40 heavy (non-hydrogen) atoms. The van der Waals surface area contributed by atoms with Crippen LogP contribution in [0.5, 0.6) is 0 Å². The number of anilines is 2. The van der Waals surface area contributed by atoms with E-state index in [2.05, 4.69) is 28.1 Å². The Hall–Kier alpha value is -3.08. The maximum atomic E-state index is 13.6. The Kier molecular flexibility index (Phi) is 10.9. The summed E-state index contributed by atoms with van der Waals surface area (Å²) in [6, 6.07) is 24.8. The highest BCUT2D eigenvalue weighted by atomic mass is 32.3. The Morgan fingerprint density at radius 3 is 2.35 bits per heavy atom. The van der Waals surface area contributed by atoms with Crippen molar-refractivity contribution in [2.45, 2.75) is 44.8 Å². The Balaban J connectivity index is 1.49. The second-order valence-electron chi connectivity index (χ2n) is 10.2. The molecule has 1 fully saturated rings. The molecule has 3 aromatic rings. The van der Waals surface area contributed by atoms with Gasteiger partial charge in [-0.25, -0.2) is 0 Å². The molecule has 2 unspecified atom stereocenters. The maximum Gasteiger partial charge on any atom is 0.251 e. The molecule has 1 saturated heterocycles. The molecule has 0 radical (unpaired) electrons. The minimum absolute atomic E-state index is 0.321. The average Bonchev–Trinajstić information content (AvgIpc) is 2.95. The molecule has 1 aliphatic rings. The fourth-order valence-corrected chi connectivity index (χ4v) is 6.65. The molecule has 3 aromatic carbocycles. The molecule has 6 N–H and O–H groups in total. The van der Waals surface area contributed by atoms with Crippen molar-refractivity contribution in [2.24, 2.45) is 0 Å². The lowest BCUT2D eigenvalue weighted by molar-refractivity contribution is 0.0831. The summed E-state index contributed by atoms with van der Waals surface area (Å²) in [7, 11) is -2.94. The van der Waals surface area contributed by atoms with Crippen LogP contribution < -0.4 is 20.3 Å². The molecule has 0 saturated carbocycles. The molecule has 9 heteroatoms. The number of nitrogens with zero attached hydrogens (tertiary/aromatic N) is 1. The standard InChI is InChI=1S/C31H42N4O4S/c1-2-33-27-20-26(21-28(22-27)35-17-9-10-18-40(35,38)39)31(37)34-29(19-25-13-7-4-8-14-25)30(36)23-32-16-15-24-11-5-3-6-12-24/h3-8,11-14,20-22,29-30,32-33,36,38-39H,2,9-10,15-19,23H2,1H3,(H,34,37). The number of aliphatic hydroxyl groups is 1. The van der Waals surface area contributed by atoms with Crippen LogP contribution in [0, 0.1) is 0 Å². The predicted molar refractivity (Wildman–Crippen MR) is 165 cm³/mol. The first-order chi connectivity index (χ1) is 19.4. The van der Waals surface area contributed by atoms with Crippen molar-refractivity contribution in [1.82, 2.24) is 10.6 Å². The predicted octanol–water partition coefficient (Wildman–Crippen LogP) is 4.92. The van der Waals surface area contributed by atoms with Crippen LogP contribution in [-0.4, -0.2) is 64.2 Å². The van der Waals surface area contributed by atoms with E-state index >= 15 is 0 Å². The molecule has 0 aromatic heterocycles. The summed E-state index contributed by atoms with van der Waals surface area (Å²) >= 11 is 0. The van der Waals surface area contributed by atoms with Gasteiger partial charge in [-0.2, -0.15) is 0 Å². The van der Waals surface area contributed by atoms with Crippen LogP contribution in [0.2, 0.25) is 0 Å². The van der Waals surface area contributed by atoms with Gasteiger partial charge in [0, 0.05) is 30.9 Å². The van der Waals surface area contributed by atoms with Crippen molar-refractivity contribution < 1.29 is 19.0 Å². The van der Waals surface area contributed by atoms with Gasteiger partial charge in [-0.1, -0.05) is 60.7 Å². The van der Waals surface area contributed by atoms with Gasteiger partial charge in [-0.15, -0.1) is 10.8 Å². The molecule has 216 valence electrons. The molecule has 0 spiro atoms. The number of benzene rings is 3. The molecule has 0 aliphatic carbocycles. The van der Waals surface area contributed by atoms with Crippen molar-refractivity contribution >= 4 is 28.1 Å². The van der Waals surface area contributed by atoms with Crippen molar-refractivity contribution in [1.29, 1.82) is 0 Å². The van der Waals surface area contributed by atoms with Gasteiger partial charge in [0.05, 0.1) is 23.6 Å². The summed E-state index contributed by atoms with van der Waals surface area (Å²) in [5, 5.41) is 20.8. The van der Waals surface area contributed by atoms with Gasteiger partial charge >= 0.3 is 0 Å². The number of carbonyl (C=O) groups excluding carboxylic acids is 1. The van der Waals surface area contributed by atoms with E-state index in [9.17, 15) is 19.0 Å². The van der Waals surface area contributed by atoms with Gasteiger partial charge in [0.15, 0.2) is 0 Å². The quantitative estimate of drug-likeness (QED) is 0.163. The number of nitrogens with one attached hydrogen (secondary N) is 3. The summed E-state index contributed by atoms with van der Waals surface area (Å²) in [6.45, 7) is 4.19. The van der Waals surface area contributed by atoms with Crippen LogP contribution in [0.4, 0.5) is 11.4 Å². The lowest BCUT2D eigenvalue weighted by Gasteiger charge is -2.47. The lowest BCUT2D eigenvalue weighted by Crippen LogP contribution is -2.49. The number of hydrogen-bond donors (Lipinski definition) is 6. The largest absolute Gasteiger partial charge is 0.390 e. The Labute approximate surface area is 239 Å². The summed E-state index contributed by atoms with van der Waals surface area (Å²) in [6.07, 6.45) is 2.12. The van der Waals surface area contributed by atoms with Gasteiger partial charge < -0.3 is 21.1 Å². The lowest BCUT2D eigenvalue weighted by atomic mass is 10.00. The van der Waals surface area contributed by atoms with Gasteiger partial charge in [0.2, 0.25) is 0 Å². The monoisotopic (exact) mass is 566 g/mol. The first-order valence-corrected chi connectivity index (χ1v) is 15.7. The number of carbonyl (C=O) groups is 1. The second kappa shape index (κ2) is 14.5. The summed E-state index contributed by atoms with van der Waals surface area (Å²) in [4.78, 5) is 13.6. The highest BCUT2D eigenvalue weighted by Crippen LogP contribution is 2.50. The Morgan fingerprint density at radius 1 is 0.975 bits per heavy atom. The third kappa shape index (κ3) is 8.46. The zero-order valence-corrected chi connectivity index (χ0v) is 23.9. The minimum atomic E-state index is -2.94. The molecule has 4 rings (SSSR count). The third-order valence-corrected chi connectivity index (χ3v) is 9.03. The van der Waals surface area contributed by atoms with E-state index in [1.54, 1.807) is 16.4 Å². The second-order valence-corrected chi connectivity index (χ2v) is 12.3. The normalized spacial score (nSPS) is 17.1. The van der Waals surface area contributed by atoms with E-state index in [-0.39, 0.29) is 5.91 Å². The number of aliphatic hydroxyl groups excluding tert-OH is 1. The Morgan fingerprint density at radius 2 is 1.68 bits per heavy atom. The fourth-order valence-electron chi connectivity index (χ4n) is 4.97. The van der Waals surface area contributed by atoms with Crippen LogP contribution in [-0.2, 0) is 12.8 Å². The summed E-state index contributed by atoms with van der Waals surface area (Å²) in [5.74, 6) is 0.00141. The molecule has 1 amide bonds. The van der Waals surface area contributed by atoms with E-state index in [1.807, 2.05) is 61.5 Å². The SMILES string of the molecule is CCNc1cc(C(=O)NC(Cc2ccccc2)C(O)CNCCc2ccccc2)cc(N2CCCCS2(O)O)c1. The first kappa shape index (κ1) is 29.9. The van der Waals surface area contributed by atoms with Crippen molar-refractivity contribution in [3.8, 4) is 0 Å². The van der Waals surface area contributed by atoms with Gasteiger partial charge in [-0.3, -0.25) is 18.2 Å².